The fourth-order valence-electron chi connectivity index (χ4n) is 2.52. The Hall–Kier alpha value is -3.47. The third kappa shape index (κ3) is 4.62. The van der Waals surface area contributed by atoms with Gasteiger partial charge in [0, 0.05) is 22.5 Å². The van der Waals surface area contributed by atoms with Crippen molar-refractivity contribution in [3.8, 4) is 17.5 Å². The number of thiazole rings is 1. The van der Waals surface area contributed by atoms with Gasteiger partial charge >= 0.3 is 0 Å². The first-order valence-electron chi connectivity index (χ1n) is 8.46. The van der Waals surface area contributed by atoms with Crippen molar-refractivity contribution in [2.75, 3.05) is 0 Å². The first-order valence-corrected chi connectivity index (χ1v) is 9.40. The Morgan fingerprint density at radius 3 is 2.71 bits per heavy atom. The van der Waals surface area contributed by atoms with Gasteiger partial charge in [-0.3, -0.25) is 9.78 Å². The number of carbonyl (C=O) groups excluding carboxylic acids is 1. The summed E-state index contributed by atoms with van der Waals surface area (Å²) in [5, 5.41) is 16.2. The molecular weight excluding hydrogens is 372 g/mol. The average molecular weight is 390 g/mol. The Morgan fingerprint density at radius 2 is 2.07 bits per heavy atom. The molecule has 1 atom stereocenters. The number of aromatic nitrogens is 3. The molecule has 0 aliphatic heterocycles. The maximum Gasteiger partial charge on any atom is 0.269 e. The molecule has 0 saturated heterocycles. The van der Waals surface area contributed by atoms with Crippen LogP contribution in [0.3, 0.4) is 0 Å². The number of aliphatic hydroxyl groups is 1. The second-order valence-electron chi connectivity index (χ2n) is 5.81. The van der Waals surface area contributed by atoms with Crippen LogP contribution in [0.25, 0.3) is 16.6 Å². The van der Waals surface area contributed by atoms with E-state index in [1.807, 2.05) is 53.9 Å². The number of nitrogens with zero attached hydrogens (tertiary/aromatic N) is 3. The van der Waals surface area contributed by atoms with Crippen molar-refractivity contribution in [1.82, 2.24) is 14.8 Å². The maximum atomic E-state index is 11.6. The van der Waals surface area contributed by atoms with Gasteiger partial charge in [-0.15, -0.1) is 11.3 Å². The predicted molar refractivity (Wildman–Crippen MR) is 110 cm³/mol. The molecule has 0 aliphatic carbocycles. The molecule has 2 aromatic carbocycles. The van der Waals surface area contributed by atoms with Crippen LogP contribution in [-0.2, 0) is 0 Å². The van der Waals surface area contributed by atoms with Gasteiger partial charge in [0.25, 0.3) is 5.91 Å². The standard InChI is InChI=1S/C18H15N3O2.C3H3NS/c1-12(22)9-10-13-5-4-6-14(11-13)21-16-8-3-2-7-15(16)17(20-21)18(19)23;1-2-5-3-4-1/h2-8,11-12,22H,1H3,(H2,19,23);1-3H/t12-;/m1./s1. The molecule has 0 spiro atoms. The summed E-state index contributed by atoms with van der Waals surface area (Å²) in [7, 11) is 0. The summed E-state index contributed by atoms with van der Waals surface area (Å²) in [5.74, 6) is 5.04. The van der Waals surface area contributed by atoms with E-state index < -0.39 is 12.0 Å². The van der Waals surface area contributed by atoms with Gasteiger partial charge < -0.3 is 10.8 Å². The van der Waals surface area contributed by atoms with Crippen LogP contribution in [0.2, 0.25) is 0 Å². The van der Waals surface area contributed by atoms with Crippen LogP contribution in [-0.4, -0.2) is 31.9 Å². The summed E-state index contributed by atoms with van der Waals surface area (Å²) < 4.78 is 1.67. The van der Waals surface area contributed by atoms with E-state index >= 15 is 0 Å². The Labute approximate surface area is 166 Å². The van der Waals surface area contributed by atoms with Gasteiger partial charge in [0.1, 0.15) is 6.10 Å². The zero-order valence-corrected chi connectivity index (χ0v) is 15.9. The molecule has 3 N–H and O–H groups in total. The summed E-state index contributed by atoms with van der Waals surface area (Å²) >= 11 is 1.60. The highest BCUT2D eigenvalue weighted by Gasteiger charge is 2.15. The lowest BCUT2D eigenvalue weighted by Crippen LogP contribution is -2.12. The highest BCUT2D eigenvalue weighted by atomic mass is 32.1. The third-order valence-electron chi connectivity index (χ3n) is 3.68. The van der Waals surface area contributed by atoms with Crippen molar-refractivity contribution in [3.05, 3.63) is 76.9 Å². The monoisotopic (exact) mass is 390 g/mol. The van der Waals surface area contributed by atoms with Gasteiger partial charge in [-0.05, 0) is 31.2 Å². The molecule has 2 aromatic heterocycles. The molecule has 6 nitrogen and oxygen atoms in total. The number of para-hydroxylation sites is 1. The number of nitrogens with two attached hydrogens (primary N) is 1. The van der Waals surface area contributed by atoms with E-state index in [4.69, 9.17) is 5.73 Å². The molecule has 0 unspecified atom stereocenters. The second kappa shape index (κ2) is 8.95. The lowest BCUT2D eigenvalue weighted by molar-refractivity contribution is 0.0996. The minimum atomic E-state index is -0.689. The van der Waals surface area contributed by atoms with Crippen molar-refractivity contribution in [3.63, 3.8) is 0 Å². The van der Waals surface area contributed by atoms with E-state index in [9.17, 15) is 9.90 Å². The Bertz CT molecular complexity index is 1120. The topological polar surface area (TPSA) is 94.0 Å². The smallest absolute Gasteiger partial charge is 0.269 e. The number of aliphatic hydroxyl groups excluding tert-OH is 1. The van der Waals surface area contributed by atoms with Gasteiger partial charge in [-0.1, -0.05) is 36.1 Å². The van der Waals surface area contributed by atoms with Crippen molar-refractivity contribution >= 4 is 28.1 Å². The molecule has 0 saturated carbocycles. The van der Waals surface area contributed by atoms with Gasteiger partial charge in [-0.2, -0.15) is 5.10 Å². The molecule has 4 aromatic rings. The predicted octanol–water partition coefficient (Wildman–Crippen LogP) is 3.00. The largest absolute Gasteiger partial charge is 0.381 e. The first kappa shape index (κ1) is 19.3. The van der Waals surface area contributed by atoms with E-state index in [1.165, 1.54) is 0 Å². The van der Waals surface area contributed by atoms with Crippen LogP contribution in [0.4, 0.5) is 0 Å². The zero-order chi connectivity index (χ0) is 19.9. The minimum Gasteiger partial charge on any atom is -0.381 e. The van der Waals surface area contributed by atoms with E-state index in [1.54, 1.807) is 34.6 Å². The van der Waals surface area contributed by atoms with Crippen molar-refractivity contribution in [2.45, 2.75) is 13.0 Å². The van der Waals surface area contributed by atoms with Gasteiger partial charge in [0.2, 0.25) is 0 Å². The number of primary amides is 1. The van der Waals surface area contributed by atoms with Crippen LogP contribution in [0.5, 0.6) is 0 Å². The van der Waals surface area contributed by atoms with E-state index in [0.717, 1.165) is 16.8 Å². The van der Waals surface area contributed by atoms with E-state index in [-0.39, 0.29) is 5.69 Å². The number of rotatable bonds is 2. The van der Waals surface area contributed by atoms with Crippen molar-refractivity contribution in [2.24, 2.45) is 5.73 Å². The first-order chi connectivity index (χ1) is 13.6. The third-order valence-corrected chi connectivity index (χ3v) is 4.21. The molecule has 28 heavy (non-hydrogen) atoms. The van der Waals surface area contributed by atoms with Crippen LogP contribution in [0.15, 0.2) is 65.6 Å². The minimum absolute atomic E-state index is 0.237. The van der Waals surface area contributed by atoms with Gasteiger partial charge in [-0.25, -0.2) is 4.68 Å². The lowest BCUT2D eigenvalue weighted by Gasteiger charge is -2.04. The molecular formula is C21H18N4O2S. The molecule has 0 aliphatic rings. The summed E-state index contributed by atoms with van der Waals surface area (Å²) in [4.78, 5) is 15.3. The van der Waals surface area contributed by atoms with E-state index in [2.05, 4.69) is 21.9 Å². The molecule has 140 valence electrons. The molecule has 4 rings (SSSR count). The SMILES string of the molecule is C[C@@H](O)C#Cc1cccc(-n2nc(C(N)=O)c3ccccc32)c1.c1cscn1. The van der Waals surface area contributed by atoms with Crippen molar-refractivity contribution in [1.29, 1.82) is 0 Å². The lowest BCUT2D eigenvalue weighted by atomic mass is 10.2. The van der Waals surface area contributed by atoms with Crippen LogP contribution < -0.4 is 5.73 Å². The number of fused-ring (bicyclic) bond motifs is 1. The summed E-state index contributed by atoms with van der Waals surface area (Å²) in [6, 6.07) is 14.8. The molecule has 0 radical (unpaired) electrons. The number of amides is 1. The fourth-order valence-corrected chi connectivity index (χ4v) is 2.88. The molecule has 0 bridgehead atoms. The van der Waals surface area contributed by atoms with Crippen LogP contribution in [0, 0.1) is 11.8 Å². The normalized spacial score (nSPS) is 11.1. The Morgan fingerprint density at radius 1 is 1.25 bits per heavy atom. The second-order valence-corrected chi connectivity index (χ2v) is 6.57. The summed E-state index contributed by atoms with van der Waals surface area (Å²) in [5.41, 5.74) is 9.76. The fraction of sp³-hybridized carbons (Fsp3) is 0.0952. The van der Waals surface area contributed by atoms with Crippen LogP contribution in [0.1, 0.15) is 23.0 Å². The number of carbonyl (C=O) groups is 1. The van der Waals surface area contributed by atoms with E-state index in [0.29, 0.717) is 5.39 Å². The number of benzene rings is 2. The highest BCUT2D eigenvalue weighted by Crippen LogP contribution is 2.22. The summed E-state index contributed by atoms with van der Waals surface area (Å²) in [6.07, 6.45) is 1.08. The maximum absolute atomic E-state index is 11.6. The number of hydrogen-bond donors (Lipinski definition) is 2. The zero-order valence-electron chi connectivity index (χ0n) is 15.1. The van der Waals surface area contributed by atoms with Crippen LogP contribution >= 0.6 is 11.3 Å². The Kier molecular flexibility index (Phi) is 6.17. The molecule has 0 fully saturated rings. The van der Waals surface area contributed by atoms with Crippen molar-refractivity contribution < 1.29 is 9.90 Å². The van der Waals surface area contributed by atoms with Gasteiger partial charge in [0.15, 0.2) is 5.69 Å². The molecule has 1 amide bonds. The molecule has 7 heteroatoms. The Balaban J connectivity index is 0.000000391. The molecule has 2 heterocycles. The average Bonchev–Trinajstić information content (AvgIpc) is 3.38. The highest BCUT2D eigenvalue weighted by molar-refractivity contribution is 7.07. The quantitative estimate of drug-likeness (QED) is 0.515. The number of hydrogen-bond acceptors (Lipinski definition) is 5. The summed E-state index contributed by atoms with van der Waals surface area (Å²) in [6.45, 7) is 1.61. The van der Waals surface area contributed by atoms with Gasteiger partial charge in [0.05, 0.1) is 16.7 Å².